The third kappa shape index (κ3) is 1.87. The van der Waals surface area contributed by atoms with E-state index < -0.39 is 0 Å². The number of hydrogen-bond donors (Lipinski definition) is 1. The average Bonchev–Trinajstić information content (AvgIpc) is 3.20. The smallest absolute Gasteiger partial charge is 0.194 e. The predicted octanol–water partition coefficient (Wildman–Crippen LogP) is 2.62. The number of nitrogens with one attached hydrogen (secondary N) is 1. The zero-order valence-electron chi connectivity index (χ0n) is 11.4. The number of anilines is 1. The van der Waals surface area contributed by atoms with Crippen LogP contribution in [0.1, 0.15) is 38.8 Å². The Morgan fingerprint density at radius 2 is 1.48 bits per heavy atom. The van der Waals surface area contributed by atoms with Gasteiger partial charge < -0.3 is 10.1 Å². The fraction of sp³-hybridized carbons (Fsp3) is 0.176. The molecule has 0 radical (unpaired) electrons. The minimum Gasteiger partial charge on any atom is -0.358 e. The number of ketones is 2. The molecule has 104 valence electrons. The Labute approximate surface area is 121 Å². The second-order valence-electron chi connectivity index (χ2n) is 5.37. The van der Waals surface area contributed by atoms with Gasteiger partial charge in [-0.05, 0) is 25.1 Å². The average molecular weight is 279 g/mol. The molecule has 1 heterocycles. The molecule has 0 aromatic heterocycles. The van der Waals surface area contributed by atoms with Crippen LogP contribution in [0.25, 0.3) is 0 Å². The molecule has 2 aromatic carbocycles. The third-order valence-electron chi connectivity index (χ3n) is 3.95. The van der Waals surface area contributed by atoms with E-state index in [1.54, 1.807) is 36.4 Å². The molecular formula is C17H13NO3. The first-order chi connectivity index (χ1) is 10.1. The van der Waals surface area contributed by atoms with E-state index in [1.807, 2.05) is 13.0 Å². The number of fused-ring (bicyclic) bond motifs is 2. The van der Waals surface area contributed by atoms with Crippen LogP contribution in [0.15, 0.2) is 42.5 Å². The standard InChI is InChI=1S/C17H13NO3/c1-9-17(21-9)18-10-6-7-13-14(8-10)16(20)12-5-3-2-4-11(12)15(13)19/h2-9,17-18H,1H3. The molecule has 1 aliphatic carbocycles. The first kappa shape index (κ1) is 12.3. The van der Waals surface area contributed by atoms with Crippen molar-refractivity contribution in [1.82, 2.24) is 0 Å². The molecule has 4 rings (SSSR count). The first-order valence-electron chi connectivity index (χ1n) is 6.89. The molecule has 1 N–H and O–H groups in total. The zero-order valence-corrected chi connectivity index (χ0v) is 11.4. The van der Waals surface area contributed by atoms with Gasteiger partial charge in [-0.1, -0.05) is 24.3 Å². The minimum absolute atomic E-state index is 0.00951. The summed E-state index contributed by atoms with van der Waals surface area (Å²) in [4.78, 5) is 25.0. The predicted molar refractivity (Wildman–Crippen MR) is 77.7 cm³/mol. The van der Waals surface area contributed by atoms with Crippen molar-refractivity contribution in [3.63, 3.8) is 0 Å². The van der Waals surface area contributed by atoms with Gasteiger partial charge in [-0.2, -0.15) is 0 Å². The highest BCUT2D eigenvalue weighted by Gasteiger charge is 2.35. The van der Waals surface area contributed by atoms with Gasteiger partial charge in [0.05, 0.1) is 0 Å². The van der Waals surface area contributed by atoms with Gasteiger partial charge in [0.1, 0.15) is 6.10 Å². The Bertz CT molecular complexity index is 781. The number of epoxide rings is 1. The van der Waals surface area contributed by atoms with Gasteiger partial charge in [0.25, 0.3) is 0 Å². The normalized spacial score (nSPS) is 22.5. The van der Waals surface area contributed by atoms with E-state index in [9.17, 15) is 9.59 Å². The van der Waals surface area contributed by atoms with Crippen LogP contribution in [0.2, 0.25) is 0 Å². The lowest BCUT2D eigenvalue weighted by Crippen LogP contribution is -2.21. The molecule has 1 saturated heterocycles. The third-order valence-corrected chi connectivity index (χ3v) is 3.95. The van der Waals surface area contributed by atoms with Crippen LogP contribution in [0.3, 0.4) is 0 Å². The molecule has 0 amide bonds. The molecule has 0 spiro atoms. The van der Waals surface area contributed by atoms with Gasteiger partial charge in [-0.3, -0.25) is 9.59 Å². The number of benzene rings is 2. The maximum absolute atomic E-state index is 12.6. The number of rotatable bonds is 2. The topological polar surface area (TPSA) is 58.7 Å². The van der Waals surface area contributed by atoms with E-state index in [0.717, 1.165) is 5.69 Å². The highest BCUT2D eigenvalue weighted by atomic mass is 16.6. The van der Waals surface area contributed by atoms with Crippen LogP contribution in [0, 0.1) is 0 Å². The van der Waals surface area contributed by atoms with Crippen molar-refractivity contribution in [2.45, 2.75) is 19.3 Å². The van der Waals surface area contributed by atoms with Crippen LogP contribution in [-0.4, -0.2) is 23.9 Å². The van der Waals surface area contributed by atoms with Crippen LogP contribution in [-0.2, 0) is 4.74 Å². The van der Waals surface area contributed by atoms with E-state index >= 15 is 0 Å². The molecule has 21 heavy (non-hydrogen) atoms. The molecule has 0 bridgehead atoms. The Balaban J connectivity index is 1.77. The number of hydrogen-bond acceptors (Lipinski definition) is 4. The van der Waals surface area contributed by atoms with Crippen LogP contribution in [0.4, 0.5) is 5.69 Å². The Morgan fingerprint density at radius 1 is 0.905 bits per heavy atom. The SMILES string of the molecule is CC1OC1Nc1ccc2c(c1)C(=O)c1ccccc1C2=O. The fourth-order valence-electron chi connectivity index (χ4n) is 2.69. The van der Waals surface area contributed by atoms with Crippen molar-refractivity contribution in [1.29, 1.82) is 0 Å². The Hall–Kier alpha value is -2.46. The van der Waals surface area contributed by atoms with Crippen molar-refractivity contribution in [2.24, 2.45) is 0 Å². The second-order valence-corrected chi connectivity index (χ2v) is 5.37. The van der Waals surface area contributed by atoms with Crippen LogP contribution < -0.4 is 5.32 Å². The number of carbonyl (C=O) groups is 2. The molecule has 2 aliphatic rings. The van der Waals surface area contributed by atoms with Crippen molar-refractivity contribution in [3.05, 3.63) is 64.7 Å². The van der Waals surface area contributed by atoms with Gasteiger partial charge in [0, 0.05) is 27.9 Å². The summed E-state index contributed by atoms with van der Waals surface area (Å²) >= 11 is 0. The first-order valence-corrected chi connectivity index (χ1v) is 6.89. The van der Waals surface area contributed by atoms with Gasteiger partial charge in [-0.25, -0.2) is 0 Å². The van der Waals surface area contributed by atoms with Crippen molar-refractivity contribution in [3.8, 4) is 0 Å². The molecule has 1 aliphatic heterocycles. The van der Waals surface area contributed by atoms with E-state index in [0.29, 0.717) is 22.3 Å². The summed E-state index contributed by atoms with van der Waals surface area (Å²) in [5, 5.41) is 3.19. The van der Waals surface area contributed by atoms with Gasteiger partial charge in [-0.15, -0.1) is 0 Å². The summed E-state index contributed by atoms with van der Waals surface area (Å²) in [5.74, 6) is -0.198. The molecule has 0 saturated carbocycles. The molecule has 4 heteroatoms. The number of ether oxygens (including phenoxy) is 1. The van der Waals surface area contributed by atoms with Crippen molar-refractivity contribution < 1.29 is 14.3 Å². The fourth-order valence-corrected chi connectivity index (χ4v) is 2.69. The van der Waals surface area contributed by atoms with Crippen molar-refractivity contribution in [2.75, 3.05) is 5.32 Å². The lowest BCUT2D eigenvalue weighted by molar-refractivity contribution is 0.0979. The summed E-state index contributed by atoms with van der Waals surface area (Å²) < 4.78 is 5.31. The molecule has 2 unspecified atom stereocenters. The van der Waals surface area contributed by atoms with Crippen LogP contribution in [0.5, 0.6) is 0 Å². The van der Waals surface area contributed by atoms with Crippen LogP contribution >= 0.6 is 0 Å². The van der Waals surface area contributed by atoms with E-state index in [4.69, 9.17) is 4.74 Å². The van der Waals surface area contributed by atoms with E-state index in [-0.39, 0.29) is 23.9 Å². The van der Waals surface area contributed by atoms with E-state index in [1.165, 1.54) is 0 Å². The second kappa shape index (κ2) is 4.27. The van der Waals surface area contributed by atoms with Gasteiger partial charge >= 0.3 is 0 Å². The van der Waals surface area contributed by atoms with E-state index in [2.05, 4.69) is 5.32 Å². The maximum Gasteiger partial charge on any atom is 0.194 e. The van der Waals surface area contributed by atoms with Gasteiger partial charge in [0.2, 0.25) is 0 Å². The summed E-state index contributed by atoms with van der Waals surface area (Å²) in [7, 11) is 0. The van der Waals surface area contributed by atoms with Crippen molar-refractivity contribution >= 4 is 17.3 Å². The summed E-state index contributed by atoms with van der Waals surface area (Å²) in [6.07, 6.45) is 0.170. The molecule has 2 atom stereocenters. The Kier molecular flexibility index (Phi) is 2.50. The summed E-state index contributed by atoms with van der Waals surface area (Å²) in [6.45, 7) is 1.97. The molecular weight excluding hydrogens is 266 g/mol. The Morgan fingerprint density at radius 3 is 2.10 bits per heavy atom. The molecule has 4 nitrogen and oxygen atoms in total. The zero-order chi connectivity index (χ0) is 14.6. The highest BCUT2D eigenvalue weighted by molar-refractivity contribution is 6.28. The van der Waals surface area contributed by atoms with Gasteiger partial charge in [0.15, 0.2) is 17.8 Å². The highest BCUT2D eigenvalue weighted by Crippen LogP contribution is 2.30. The number of carbonyl (C=O) groups excluding carboxylic acids is 2. The monoisotopic (exact) mass is 279 g/mol. The lowest BCUT2D eigenvalue weighted by atomic mass is 9.84. The largest absolute Gasteiger partial charge is 0.358 e. The molecule has 2 aromatic rings. The summed E-state index contributed by atoms with van der Waals surface area (Å²) in [6, 6.07) is 12.2. The quantitative estimate of drug-likeness (QED) is 0.733. The minimum atomic E-state index is -0.103. The summed E-state index contributed by atoms with van der Waals surface area (Å²) in [5.41, 5.74) is 2.67. The maximum atomic E-state index is 12.6. The lowest BCUT2D eigenvalue weighted by Gasteiger charge is -2.18. The molecule has 1 fully saturated rings.